The Hall–Kier alpha value is -2.37. The topological polar surface area (TPSA) is 75.3 Å². The van der Waals surface area contributed by atoms with Gasteiger partial charge in [-0.05, 0) is 51.8 Å². The summed E-state index contributed by atoms with van der Waals surface area (Å²) in [4.78, 5) is 33.3. The van der Waals surface area contributed by atoms with Gasteiger partial charge in [-0.2, -0.15) is 0 Å². The van der Waals surface area contributed by atoms with Crippen LogP contribution in [0.2, 0.25) is 0 Å². The van der Waals surface area contributed by atoms with E-state index in [1.807, 2.05) is 26.8 Å². The summed E-state index contributed by atoms with van der Waals surface area (Å²) in [5.74, 6) is 0.225. The van der Waals surface area contributed by atoms with Crippen molar-refractivity contribution in [1.29, 1.82) is 0 Å². The summed E-state index contributed by atoms with van der Waals surface area (Å²) in [6, 6.07) is 5.48. The number of hydrogen-bond donors (Lipinski definition) is 1. The summed E-state index contributed by atoms with van der Waals surface area (Å²) in [5, 5.41) is 0.604. The van der Waals surface area contributed by atoms with Crippen LogP contribution in [0.5, 0.6) is 0 Å². The zero-order valence-corrected chi connectivity index (χ0v) is 14.3. The number of aromatic nitrogens is 2. The summed E-state index contributed by atoms with van der Waals surface area (Å²) in [5.41, 5.74) is 1.02. The van der Waals surface area contributed by atoms with E-state index in [4.69, 9.17) is 4.74 Å². The molecule has 0 spiro atoms. The molecule has 0 bridgehead atoms. The SMILES string of the molecule is CC(C)(C)OC(=O)N1CCC(c2cc3ncccc3c(=O)[nH]2)CC1. The number of fused-ring (bicyclic) bond motifs is 1. The van der Waals surface area contributed by atoms with E-state index in [1.165, 1.54) is 0 Å². The maximum absolute atomic E-state index is 12.2. The van der Waals surface area contributed by atoms with Crippen LogP contribution in [0.3, 0.4) is 0 Å². The van der Waals surface area contributed by atoms with Gasteiger partial charge in [-0.1, -0.05) is 0 Å². The van der Waals surface area contributed by atoms with Crippen molar-refractivity contribution in [2.24, 2.45) is 0 Å². The van der Waals surface area contributed by atoms with Gasteiger partial charge in [0.25, 0.3) is 5.56 Å². The predicted molar refractivity (Wildman–Crippen MR) is 92.1 cm³/mol. The van der Waals surface area contributed by atoms with E-state index in [-0.39, 0.29) is 17.6 Å². The molecule has 1 saturated heterocycles. The number of carbonyl (C=O) groups excluding carboxylic acids is 1. The minimum absolute atomic E-state index is 0.106. The number of nitrogens with one attached hydrogen (secondary N) is 1. The largest absolute Gasteiger partial charge is 0.444 e. The molecule has 1 N–H and O–H groups in total. The summed E-state index contributed by atoms with van der Waals surface area (Å²) in [7, 11) is 0. The summed E-state index contributed by atoms with van der Waals surface area (Å²) in [6.45, 7) is 6.85. The Morgan fingerprint density at radius 3 is 2.71 bits per heavy atom. The van der Waals surface area contributed by atoms with Gasteiger partial charge in [-0.25, -0.2) is 4.79 Å². The lowest BCUT2D eigenvalue weighted by Crippen LogP contribution is -2.41. The van der Waals surface area contributed by atoms with Crippen molar-refractivity contribution >= 4 is 17.0 Å². The maximum Gasteiger partial charge on any atom is 0.410 e. The zero-order chi connectivity index (χ0) is 17.3. The standard InChI is InChI=1S/C18H23N3O3/c1-18(2,3)24-17(23)21-9-6-12(7-10-21)14-11-15-13(16(22)20-14)5-4-8-19-15/h4-5,8,11-12H,6-7,9-10H2,1-3H3,(H,20,22). The number of rotatable bonds is 1. The maximum atomic E-state index is 12.2. The fourth-order valence-corrected chi connectivity index (χ4v) is 3.03. The van der Waals surface area contributed by atoms with Crippen LogP contribution in [0.4, 0.5) is 4.79 Å². The minimum atomic E-state index is -0.483. The van der Waals surface area contributed by atoms with Crippen LogP contribution in [0.25, 0.3) is 10.9 Å². The molecule has 1 fully saturated rings. The molecule has 0 unspecified atom stereocenters. The first-order valence-corrected chi connectivity index (χ1v) is 8.29. The van der Waals surface area contributed by atoms with E-state index in [0.29, 0.717) is 24.0 Å². The van der Waals surface area contributed by atoms with Gasteiger partial charge < -0.3 is 14.6 Å². The van der Waals surface area contributed by atoms with Crippen molar-refractivity contribution in [2.75, 3.05) is 13.1 Å². The Kier molecular flexibility index (Phi) is 4.30. The van der Waals surface area contributed by atoms with E-state index < -0.39 is 5.60 Å². The Morgan fingerprint density at radius 1 is 1.33 bits per heavy atom. The predicted octanol–water partition coefficient (Wildman–Crippen LogP) is 3.04. The highest BCUT2D eigenvalue weighted by atomic mass is 16.6. The van der Waals surface area contributed by atoms with Crippen LogP contribution in [0.1, 0.15) is 45.2 Å². The smallest absolute Gasteiger partial charge is 0.410 e. The molecular formula is C18H23N3O3. The molecule has 3 heterocycles. The summed E-state index contributed by atoms with van der Waals surface area (Å²) in [6.07, 6.45) is 3.02. The van der Waals surface area contributed by atoms with Gasteiger partial charge in [0.2, 0.25) is 0 Å². The lowest BCUT2D eigenvalue weighted by molar-refractivity contribution is 0.0204. The Balaban J connectivity index is 1.71. The molecule has 2 aromatic heterocycles. The summed E-state index contributed by atoms with van der Waals surface area (Å²) >= 11 is 0. The number of H-pyrrole nitrogens is 1. The van der Waals surface area contributed by atoms with E-state index in [1.54, 1.807) is 23.2 Å². The van der Waals surface area contributed by atoms with Crippen molar-refractivity contribution in [2.45, 2.75) is 45.1 Å². The van der Waals surface area contributed by atoms with Crippen molar-refractivity contribution in [3.63, 3.8) is 0 Å². The number of carbonyl (C=O) groups is 1. The number of pyridine rings is 2. The van der Waals surface area contributed by atoms with Crippen molar-refractivity contribution in [3.8, 4) is 0 Å². The van der Waals surface area contributed by atoms with Crippen molar-refractivity contribution in [1.82, 2.24) is 14.9 Å². The van der Waals surface area contributed by atoms with Gasteiger partial charge in [0.1, 0.15) is 5.60 Å². The van der Waals surface area contributed by atoms with E-state index in [0.717, 1.165) is 18.5 Å². The van der Waals surface area contributed by atoms with E-state index in [2.05, 4.69) is 9.97 Å². The third-order valence-corrected chi connectivity index (χ3v) is 4.22. The van der Waals surface area contributed by atoms with Crippen LogP contribution in [0.15, 0.2) is 29.2 Å². The second-order valence-electron chi connectivity index (χ2n) is 7.23. The second-order valence-corrected chi connectivity index (χ2v) is 7.23. The molecule has 0 atom stereocenters. The van der Waals surface area contributed by atoms with Crippen LogP contribution in [-0.2, 0) is 4.74 Å². The summed E-state index contributed by atoms with van der Waals surface area (Å²) < 4.78 is 5.41. The van der Waals surface area contributed by atoms with Crippen molar-refractivity contribution in [3.05, 3.63) is 40.4 Å². The van der Waals surface area contributed by atoms with Gasteiger partial charge in [0.05, 0.1) is 10.9 Å². The number of likely N-dealkylation sites (tertiary alicyclic amines) is 1. The third-order valence-electron chi connectivity index (χ3n) is 4.22. The molecule has 1 amide bonds. The quantitative estimate of drug-likeness (QED) is 0.872. The van der Waals surface area contributed by atoms with Gasteiger partial charge >= 0.3 is 6.09 Å². The number of aromatic amines is 1. The minimum Gasteiger partial charge on any atom is -0.444 e. The lowest BCUT2D eigenvalue weighted by Gasteiger charge is -2.33. The number of piperidine rings is 1. The average molecular weight is 329 g/mol. The molecule has 6 heteroatoms. The Labute approximate surface area is 140 Å². The molecule has 1 aliphatic heterocycles. The lowest BCUT2D eigenvalue weighted by atomic mass is 9.93. The van der Waals surface area contributed by atoms with Crippen LogP contribution < -0.4 is 5.56 Å². The molecule has 24 heavy (non-hydrogen) atoms. The fraction of sp³-hybridized carbons (Fsp3) is 0.500. The van der Waals surface area contributed by atoms with Crippen molar-refractivity contribution < 1.29 is 9.53 Å². The molecule has 0 aliphatic carbocycles. The normalized spacial score (nSPS) is 16.4. The van der Waals surface area contributed by atoms with Crippen LogP contribution in [-0.4, -0.2) is 39.7 Å². The first-order valence-electron chi connectivity index (χ1n) is 8.29. The molecule has 1 aliphatic rings. The first kappa shape index (κ1) is 16.5. The second kappa shape index (κ2) is 6.26. The van der Waals surface area contributed by atoms with Gasteiger partial charge in [-0.15, -0.1) is 0 Å². The van der Waals surface area contributed by atoms with E-state index >= 15 is 0 Å². The molecule has 6 nitrogen and oxygen atoms in total. The first-order chi connectivity index (χ1) is 11.3. The van der Waals surface area contributed by atoms with E-state index in [9.17, 15) is 9.59 Å². The molecular weight excluding hydrogens is 306 g/mol. The monoisotopic (exact) mass is 329 g/mol. The highest BCUT2D eigenvalue weighted by Gasteiger charge is 2.28. The molecule has 0 saturated carbocycles. The fourth-order valence-electron chi connectivity index (χ4n) is 3.03. The molecule has 0 radical (unpaired) electrons. The molecule has 128 valence electrons. The Bertz CT molecular complexity index is 799. The Morgan fingerprint density at radius 2 is 2.04 bits per heavy atom. The molecule has 2 aromatic rings. The molecule has 0 aromatic carbocycles. The zero-order valence-electron chi connectivity index (χ0n) is 14.3. The van der Waals surface area contributed by atoms with Gasteiger partial charge in [-0.3, -0.25) is 9.78 Å². The number of ether oxygens (including phenoxy) is 1. The van der Waals surface area contributed by atoms with Crippen LogP contribution in [0, 0.1) is 0 Å². The number of nitrogens with zero attached hydrogens (tertiary/aromatic N) is 2. The third kappa shape index (κ3) is 3.58. The van der Waals surface area contributed by atoms with Crippen LogP contribution >= 0.6 is 0 Å². The number of hydrogen-bond acceptors (Lipinski definition) is 4. The van der Waals surface area contributed by atoms with Gasteiger partial charge in [0.15, 0.2) is 0 Å². The molecule has 3 rings (SSSR count). The average Bonchev–Trinajstić information content (AvgIpc) is 2.53. The van der Waals surface area contributed by atoms with Gasteiger partial charge in [0, 0.05) is 30.9 Å². The number of amides is 1. The highest BCUT2D eigenvalue weighted by Crippen LogP contribution is 2.28. The highest BCUT2D eigenvalue weighted by molar-refractivity contribution is 5.77.